The molecule has 3 rings (SSSR count). The third-order valence-corrected chi connectivity index (χ3v) is 4.45. The van der Waals surface area contributed by atoms with E-state index in [0.717, 1.165) is 44.0 Å². The first-order valence-electron chi connectivity index (χ1n) is 8.20. The molecule has 0 saturated carbocycles. The fraction of sp³-hybridized carbons (Fsp3) is 0.316. The molecule has 1 fully saturated rings. The van der Waals surface area contributed by atoms with Crippen LogP contribution >= 0.6 is 0 Å². The van der Waals surface area contributed by atoms with Gasteiger partial charge in [-0.05, 0) is 29.8 Å². The Bertz CT molecular complexity index is 758. The zero-order valence-electron chi connectivity index (χ0n) is 14.1. The Morgan fingerprint density at radius 3 is 2.60 bits per heavy atom. The molecule has 6 heteroatoms. The summed E-state index contributed by atoms with van der Waals surface area (Å²) in [5.74, 6) is -1.01. The van der Waals surface area contributed by atoms with E-state index in [4.69, 9.17) is 9.84 Å². The summed E-state index contributed by atoms with van der Waals surface area (Å²) in [4.78, 5) is 15.6. The smallest absolute Gasteiger partial charge is 0.335 e. The first-order valence-corrected chi connectivity index (χ1v) is 8.20. The van der Waals surface area contributed by atoms with Crippen molar-refractivity contribution in [2.45, 2.75) is 6.54 Å². The molecule has 0 amide bonds. The van der Waals surface area contributed by atoms with E-state index >= 15 is 0 Å². The molecule has 0 spiro atoms. The van der Waals surface area contributed by atoms with Gasteiger partial charge in [-0.2, -0.15) is 0 Å². The van der Waals surface area contributed by atoms with Crippen LogP contribution in [0.25, 0.3) is 0 Å². The molecule has 132 valence electrons. The van der Waals surface area contributed by atoms with Crippen LogP contribution in [0.4, 0.5) is 10.1 Å². The molecule has 0 aliphatic carbocycles. The number of carboxylic acids is 1. The lowest BCUT2D eigenvalue weighted by Gasteiger charge is -2.36. The zero-order chi connectivity index (χ0) is 17.8. The van der Waals surface area contributed by atoms with E-state index in [1.54, 1.807) is 30.3 Å². The minimum Gasteiger partial charge on any atom is -0.494 e. The molecule has 5 nitrogen and oxygen atoms in total. The number of rotatable bonds is 5. The molecular weight excluding hydrogens is 323 g/mol. The van der Waals surface area contributed by atoms with Gasteiger partial charge in [-0.25, -0.2) is 9.18 Å². The lowest BCUT2D eigenvalue weighted by molar-refractivity contribution is 0.0696. The molecule has 1 aliphatic heterocycles. The molecular formula is C19H21FN2O3. The summed E-state index contributed by atoms with van der Waals surface area (Å²) in [7, 11) is 1.46. The third kappa shape index (κ3) is 4.09. The SMILES string of the molecule is COc1cc(N2CCN(Cc3cccc(C(=O)O)c3)CC2)ccc1F. The number of nitrogens with zero attached hydrogens (tertiary/aromatic N) is 2. The molecule has 1 heterocycles. The lowest BCUT2D eigenvalue weighted by atomic mass is 10.1. The molecule has 0 aromatic heterocycles. The Labute approximate surface area is 146 Å². The van der Waals surface area contributed by atoms with Gasteiger partial charge in [0.2, 0.25) is 0 Å². The Balaban J connectivity index is 1.60. The second-order valence-corrected chi connectivity index (χ2v) is 6.09. The number of methoxy groups -OCH3 is 1. The lowest BCUT2D eigenvalue weighted by Crippen LogP contribution is -2.46. The van der Waals surface area contributed by atoms with Crippen molar-refractivity contribution in [2.75, 3.05) is 38.2 Å². The zero-order valence-corrected chi connectivity index (χ0v) is 14.1. The predicted octanol–water partition coefficient (Wildman–Crippen LogP) is 2.85. The van der Waals surface area contributed by atoms with Gasteiger partial charge < -0.3 is 14.7 Å². The number of halogens is 1. The first kappa shape index (κ1) is 17.2. The summed E-state index contributed by atoms with van der Waals surface area (Å²) in [6.07, 6.45) is 0. The molecule has 1 saturated heterocycles. The predicted molar refractivity (Wildman–Crippen MR) is 93.8 cm³/mol. The minimum absolute atomic E-state index is 0.255. The van der Waals surface area contributed by atoms with Crippen LogP contribution < -0.4 is 9.64 Å². The highest BCUT2D eigenvalue weighted by atomic mass is 19.1. The van der Waals surface area contributed by atoms with Crippen molar-refractivity contribution >= 4 is 11.7 Å². The van der Waals surface area contributed by atoms with Crippen LogP contribution in [-0.2, 0) is 6.54 Å². The summed E-state index contributed by atoms with van der Waals surface area (Å²) in [6.45, 7) is 4.09. The summed E-state index contributed by atoms with van der Waals surface area (Å²) in [5.41, 5.74) is 2.26. The first-order chi connectivity index (χ1) is 12.1. The highest BCUT2D eigenvalue weighted by Gasteiger charge is 2.18. The topological polar surface area (TPSA) is 53.0 Å². The van der Waals surface area contributed by atoms with E-state index < -0.39 is 5.97 Å². The number of benzene rings is 2. The van der Waals surface area contributed by atoms with E-state index in [0.29, 0.717) is 5.56 Å². The molecule has 0 radical (unpaired) electrons. The van der Waals surface area contributed by atoms with Gasteiger partial charge in [0.25, 0.3) is 0 Å². The minimum atomic E-state index is -0.906. The third-order valence-electron chi connectivity index (χ3n) is 4.45. The molecule has 2 aromatic carbocycles. The van der Waals surface area contributed by atoms with Gasteiger partial charge in [-0.1, -0.05) is 12.1 Å². The normalized spacial score (nSPS) is 15.2. The molecule has 0 bridgehead atoms. The van der Waals surface area contributed by atoms with E-state index in [1.165, 1.54) is 13.2 Å². The largest absolute Gasteiger partial charge is 0.494 e. The van der Waals surface area contributed by atoms with Gasteiger partial charge in [0, 0.05) is 44.5 Å². The van der Waals surface area contributed by atoms with Gasteiger partial charge in [-0.15, -0.1) is 0 Å². The standard InChI is InChI=1S/C19H21FN2O3/c1-25-18-12-16(5-6-17(18)20)22-9-7-21(8-10-22)13-14-3-2-4-15(11-14)19(23)24/h2-6,11-12H,7-10,13H2,1H3,(H,23,24). The molecule has 25 heavy (non-hydrogen) atoms. The quantitative estimate of drug-likeness (QED) is 0.904. The second-order valence-electron chi connectivity index (χ2n) is 6.09. The van der Waals surface area contributed by atoms with Crippen molar-refractivity contribution in [2.24, 2.45) is 0 Å². The van der Waals surface area contributed by atoms with Gasteiger partial charge >= 0.3 is 5.97 Å². The van der Waals surface area contributed by atoms with Crippen molar-refractivity contribution < 1.29 is 19.0 Å². The number of hydrogen-bond acceptors (Lipinski definition) is 4. The fourth-order valence-corrected chi connectivity index (χ4v) is 3.07. The number of carbonyl (C=O) groups is 1. The number of hydrogen-bond donors (Lipinski definition) is 1. The Morgan fingerprint density at radius 1 is 1.16 bits per heavy atom. The number of ether oxygens (including phenoxy) is 1. The summed E-state index contributed by atoms with van der Waals surface area (Å²) < 4.78 is 18.6. The van der Waals surface area contributed by atoms with Crippen LogP contribution in [0.1, 0.15) is 15.9 Å². The maximum Gasteiger partial charge on any atom is 0.335 e. The van der Waals surface area contributed by atoms with Crippen LogP contribution in [0.5, 0.6) is 5.75 Å². The molecule has 0 atom stereocenters. The van der Waals surface area contributed by atoms with Gasteiger partial charge in [-0.3, -0.25) is 4.90 Å². The van der Waals surface area contributed by atoms with E-state index in [9.17, 15) is 9.18 Å². The van der Waals surface area contributed by atoms with Crippen molar-refractivity contribution in [3.63, 3.8) is 0 Å². The Morgan fingerprint density at radius 2 is 1.92 bits per heavy atom. The summed E-state index contributed by atoms with van der Waals surface area (Å²) >= 11 is 0. The van der Waals surface area contributed by atoms with Crippen molar-refractivity contribution in [1.82, 2.24) is 4.90 Å². The number of aromatic carboxylic acids is 1. The summed E-state index contributed by atoms with van der Waals surface area (Å²) in [5, 5.41) is 9.08. The molecule has 2 aromatic rings. The number of piperazine rings is 1. The number of carboxylic acid groups (broad SMARTS) is 1. The average Bonchev–Trinajstić information content (AvgIpc) is 2.63. The molecule has 1 N–H and O–H groups in total. The fourth-order valence-electron chi connectivity index (χ4n) is 3.07. The van der Waals surface area contributed by atoms with Crippen LogP contribution in [0.2, 0.25) is 0 Å². The van der Waals surface area contributed by atoms with Crippen molar-refractivity contribution in [3.05, 3.63) is 59.4 Å². The van der Waals surface area contributed by atoms with Crippen LogP contribution in [0.3, 0.4) is 0 Å². The molecule has 0 unspecified atom stereocenters. The van der Waals surface area contributed by atoms with Crippen LogP contribution in [-0.4, -0.2) is 49.3 Å². The maximum absolute atomic E-state index is 13.5. The van der Waals surface area contributed by atoms with E-state index in [2.05, 4.69) is 9.80 Å². The van der Waals surface area contributed by atoms with Crippen molar-refractivity contribution in [1.29, 1.82) is 0 Å². The second kappa shape index (κ2) is 7.53. The van der Waals surface area contributed by atoms with Crippen LogP contribution in [0.15, 0.2) is 42.5 Å². The Hall–Kier alpha value is -2.60. The highest BCUT2D eigenvalue weighted by molar-refractivity contribution is 5.87. The highest BCUT2D eigenvalue weighted by Crippen LogP contribution is 2.25. The summed E-state index contributed by atoms with van der Waals surface area (Å²) in [6, 6.07) is 12.0. The maximum atomic E-state index is 13.5. The molecule has 1 aliphatic rings. The van der Waals surface area contributed by atoms with E-state index in [-0.39, 0.29) is 11.6 Å². The average molecular weight is 344 g/mol. The van der Waals surface area contributed by atoms with Crippen LogP contribution in [0, 0.1) is 5.82 Å². The van der Waals surface area contributed by atoms with Gasteiger partial charge in [0.15, 0.2) is 11.6 Å². The van der Waals surface area contributed by atoms with Gasteiger partial charge in [0.05, 0.1) is 12.7 Å². The van der Waals surface area contributed by atoms with Crippen molar-refractivity contribution in [3.8, 4) is 5.75 Å². The monoisotopic (exact) mass is 344 g/mol. The van der Waals surface area contributed by atoms with E-state index in [1.807, 2.05) is 6.07 Å². The number of anilines is 1. The van der Waals surface area contributed by atoms with Gasteiger partial charge in [0.1, 0.15) is 0 Å². The Kier molecular flexibility index (Phi) is 5.19.